The third-order valence-electron chi connectivity index (χ3n) is 4.56. The molecule has 1 saturated heterocycles. The summed E-state index contributed by atoms with van der Waals surface area (Å²) in [6, 6.07) is 14.0. The summed E-state index contributed by atoms with van der Waals surface area (Å²) in [6.07, 6.45) is 1.08. The second-order valence-electron chi connectivity index (χ2n) is 6.47. The van der Waals surface area contributed by atoms with Gasteiger partial charge in [-0.15, -0.1) is 12.4 Å². The minimum atomic E-state index is -0.799. The van der Waals surface area contributed by atoms with E-state index >= 15 is 0 Å². The molecule has 2 unspecified atom stereocenters. The van der Waals surface area contributed by atoms with E-state index in [9.17, 15) is 9.50 Å². The molecule has 0 bridgehead atoms. The second-order valence-corrected chi connectivity index (χ2v) is 6.47. The molecule has 0 amide bonds. The van der Waals surface area contributed by atoms with Crippen LogP contribution in [-0.4, -0.2) is 34.0 Å². The summed E-state index contributed by atoms with van der Waals surface area (Å²) in [7, 11) is 0. The third-order valence-corrected chi connectivity index (χ3v) is 4.56. The Labute approximate surface area is 163 Å². The zero-order valence-electron chi connectivity index (χ0n) is 14.8. The van der Waals surface area contributed by atoms with Gasteiger partial charge in [0.1, 0.15) is 24.6 Å². The molecule has 0 saturated carbocycles. The Bertz CT molecular complexity index is 896. The first-order chi connectivity index (χ1) is 12.7. The van der Waals surface area contributed by atoms with Crippen molar-refractivity contribution in [1.29, 1.82) is 0 Å². The lowest BCUT2D eigenvalue weighted by molar-refractivity contribution is 0.0794. The van der Waals surface area contributed by atoms with E-state index in [1.54, 1.807) is 18.2 Å². The molecule has 1 fully saturated rings. The van der Waals surface area contributed by atoms with Crippen molar-refractivity contribution >= 4 is 23.4 Å². The number of imidazole rings is 1. The largest absolute Gasteiger partial charge is 0.488 e. The predicted octanol–water partition coefficient (Wildman–Crippen LogP) is 3.89. The van der Waals surface area contributed by atoms with Crippen molar-refractivity contribution in [3.05, 3.63) is 60.2 Å². The number of nitrogens with zero attached hydrogens (tertiary/aromatic N) is 2. The maximum atomic E-state index is 13.7. The van der Waals surface area contributed by atoms with Crippen LogP contribution in [0.1, 0.15) is 24.8 Å². The Morgan fingerprint density at radius 1 is 1.22 bits per heavy atom. The van der Waals surface area contributed by atoms with Gasteiger partial charge in [-0.1, -0.05) is 24.3 Å². The monoisotopic (exact) mass is 392 g/mol. The maximum absolute atomic E-state index is 13.7. The highest BCUT2D eigenvalue weighted by Gasteiger charge is 2.25. The Hall–Kier alpha value is -2.15. The SMILES string of the molecule is Cl.OC(COc1ccccc1F)Cn1c(C2CCCO2)nc2ccccc21. The van der Waals surface area contributed by atoms with Gasteiger partial charge in [-0.2, -0.15) is 0 Å². The molecule has 1 aliphatic rings. The molecular formula is C20H22ClFN2O3. The number of ether oxygens (including phenoxy) is 2. The number of benzene rings is 2. The summed E-state index contributed by atoms with van der Waals surface area (Å²) in [6.45, 7) is 1.04. The van der Waals surface area contributed by atoms with Gasteiger partial charge in [-0.25, -0.2) is 9.37 Å². The van der Waals surface area contributed by atoms with Crippen LogP contribution in [0.5, 0.6) is 5.75 Å². The van der Waals surface area contributed by atoms with Crippen molar-refractivity contribution in [2.24, 2.45) is 0 Å². The molecule has 27 heavy (non-hydrogen) atoms. The van der Waals surface area contributed by atoms with E-state index in [0.717, 1.165) is 36.3 Å². The van der Waals surface area contributed by atoms with Crippen molar-refractivity contribution in [1.82, 2.24) is 9.55 Å². The molecule has 0 radical (unpaired) electrons. The van der Waals surface area contributed by atoms with Gasteiger partial charge in [-0.3, -0.25) is 0 Å². The molecule has 7 heteroatoms. The zero-order chi connectivity index (χ0) is 17.9. The first kappa shape index (κ1) is 19.6. The number of para-hydroxylation sites is 3. The lowest BCUT2D eigenvalue weighted by Crippen LogP contribution is -2.25. The number of hydrogen-bond donors (Lipinski definition) is 1. The number of rotatable bonds is 6. The van der Waals surface area contributed by atoms with Crippen LogP contribution in [0.25, 0.3) is 11.0 Å². The lowest BCUT2D eigenvalue weighted by atomic mass is 10.2. The van der Waals surface area contributed by atoms with Gasteiger partial charge in [0, 0.05) is 6.61 Å². The minimum absolute atomic E-state index is 0. The van der Waals surface area contributed by atoms with Crippen LogP contribution in [0.4, 0.5) is 4.39 Å². The number of aromatic nitrogens is 2. The van der Waals surface area contributed by atoms with Crippen LogP contribution in [0.2, 0.25) is 0 Å². The van der Waals surface area contributed by atoms with Gasteiger partial charge in [-0.05, 0) is 37.1 Å². The van der Waals surface area contributed by atoms with Crippen molar-refractivity contribution in [2.45, 2.75) is 31.6 Å². The lowest BCUT2D eigenvalue weighted by Gasteiger charge is -2.18. The molecule has 0 aliphatic carbocycles. The minimum Gasteiger partial charge on any atom is -0.488 e. The molecule has 5 nitrogen and oxygen atoms in total. The third kappa shape index (κ3) is 4.24. The van der Waals surface area contributed by atoms with Gasteiger partial charge in [0.05, 0.1) is 17.6 Å². The highest BCUT2D eigenvalue weighted by atomic mass is 35.5. The van der Waals surface area contributed by atoms with Gasteiger partial charge < -0.3 is 19.1 Å². The maximum Gasteiger partial charge on any atom is 0.165 e. The fourth-order valence-electron chi connectivity index (χ4n) is 3.32. The van der Waals surface area contributed by atoms with Crippen molar-refractivity contribution in [3.63, 3.8) is 0 Å². The van der Waals surface area contributed by atoms with Crippen LogP contribution >= 0.6 is 12.4 Å². The van der Waals surface area contributed by atoms with Gasteiger partial charge in [0.15, 0.2) is 11.6 Å². The molecule has 0 spiro atoms. The average molecular weight is 393 g/mol. The van der Waals surface area contributed by atoms with Gasteiger partial charge in [0.2, 0.25) is 0 Å². The first-order valence-corrected chi connectivity index (χ1v) is 8.84. The predicted molar refractivity (Wildman–Crippen MR) is 103 cm³/mol. The van der Waals surface area contributed by atoms with E-state index < -0.39 is 11.9 Å². The zero-order valence-corrected chi connectivity index (χ0v) is 15.6. The molecule has 4 rings (SSSR count). The topological polar surface area (TPSA) is 56.5 Å². The summed E-state index contributed by atoms with van der Waals surface area (Å²) >= 11 is 0. The van der Waals surface area contributed by atoms with E-state index in [1.807, 2.05) is 28.8 Å². The highest BCUT2D eigenvalue weighted by molar-refractivity contribution is 5.85. The molecule has 144 valence electrons. The molecule has 2 atom stereocenters. The van der Waals surface area contributed by atoms with Crippen LogP contribution in [-0.2, 0) is 11.3 Å². The summed E-state index contributed by atoms with van der Waals surface area (Å²) in [4.78, 5) is 4.71. The quantitative estimate of drug-likeness (QED) is 0.691. The van der Waals surface area contributed by atoms with Crippen LogP contribution in [0.15, 0.2) is 48.5 Å². The standard InChI is InChI=1S/C20H21FN2O3.ClH/c21-15-6-1-4-9-18(15)26-13-14(24)12-23-17-8-3-2-7-16(17)22-20(23)19-10-5-11-25-19;/h1-4,6-9,14,19,24H,5,10-13H2;1H. The summed E-state index contributed by atoms with van der Waals surface area (Å²) in [5.41, 5.74) is 1.82. The summed E-state index contributed by atoms with van der Waals surface area (Å²) in [5, 5.41) is 10.5. The Balaban J connectivity index is 0.00000210. The number of aliphatic hydroxyl groups is 1. The molecule has 1 aromatic heterocycles. The van der Waals surface area contributed by atoms with E-state index in [2.05, 4.69) is 0 Å². The molecule has 2 heterocycles. The smallest absolute Gasteiger partial charge is 0.165 e. The second kappa shape index (κ2) is 8.69. The Morgan fingerprint density at radius 3 is 2.78 bits per heavy atom. The highest BCUT2D eigenvalue weighted by Crippen LogP contribution is 2.30. The van der Waals surface area contributed by atoms with E-state index in [1.165, 1.54) is 6.07 Å². The normalized spacial score (nSPS) is 17.6. The number of aliphatic hydroxyl groups excluding tert-OH is 1. The average Bonchev–Trinajstić information content (AvgIpc) is 3.29. The Morgan fingerprint density at radius 2 is 2.00 bits per heavy atom. The molecule has 3 aromatic rings. The van der Waals surface area contributed by atoms with E-state index in [0.29, 0.717) is 6.54 Å². The van der Waals surface area contributed by atoms with E-state index in [4.69, 9.17) is 14.5 Å². The van der Waals surface area contributed by atoms with E-state index in [-0.39, 0.29) is 30.9 Å². The Kier molecular flexibility index (Phi) is 6.31. The molecule has 1 N–H and O–H groups in total. The molecular weight excluding hydrogens is 371 g/mol. The van der Waals surface area contributed by atoms with Crippen molar-refractivity contribution in [2.75, 3.05) is 13.2 Å². The van der Waals surface area contributed by atoms with Crippen LogP contribution < -0.4 is 4.74 Å². The fourth-order valence-corrected chi connectivity index (χ4v) is 3.32. The number of hydrogen-bond acceptors (Lipinski definition) is 4. The van der Waals surface area contributed by atoms with Gasteiger partial charge >= 0.3 is 0 Å². The van der Waals surface area contributed by atoms with Crippen molar-refractivity contribution in [3.8, 4) is 5.75 Å². The van der Waals surface area contributed by atoms with Crippen LogP contribution in [0.3, 0.4) is 0 Å². The van der Waals surface area contributed by atoms with Gasteiger partial charge in [0.25, 0.3) is 0 Å². The van der Waals surface area contributed by atoms with Crippen molar-refractivity contribution < 1.29 is 19.0 Å². The van der Waals surface area contributed by atoms with Crippen LogP contribution in [0, 0.1) is 5.82 Å². The molecule has 1 aliphatic heterocycles. The first-order valence-electron chi connectivity index (χ1n) is 8.84. The molecule has 2 aromatic carbocycles. The fraction of sp³-hybridized carbons (Fsp3) is 0.350. The summed E-state index contributed by atoms with van der Waals surface area (Å²) < 4.78 is 26.9. The number of fused-ring (bicyclic) bond motifs is 1. The number of halogens is 2. The summed E-state index contributed by atoms with van der Waals surface area (Å²) in [5.74, 6) is 0.530.